The van der Waals surface area contributed by atoms with Gasteiger partial charge in [-0.25, -0.2) is 20.2 Å². The quantitative estimate of drug-likeness (QED) is 0.484. The molecule has 0 aromatic carbocycles. The Balaban J connectivity index is 1.82. The first-order valence-corrected chi connectivity index (χ1v) is 9.40. The van der Waals surface area contributed by atoms with Crippen molar-refractivity contribution in [3.05, 3.63) is 39.8 Å². The zero-order valence-corrected chi connectivity index (χ0v) is 17.7. The summed E-state index contributed by atoms with van der Waals surface area (Å²) in [6.07, 6.45) is 0. The number of carbonyl (C=O) groups is 1. The van der Waals surface area contributed by atoms with Gasteiger partial charge in [-0.05, 0) is 36.6 Å². The number of pyridine rings is 2. The second-order valence-electron chi connectivity index (χ2n) is 6.79. The number of amides is 2. The molecule has 0 unspecified atom stereocenters. The molecule has 3 aromatic heterocycles. The Kier molecular flexibility index (Phi) is 5.62. The van der Waals surface area contributed by atoms with Crippen LogP contribution in [0, 0.1) is 6.92 Å². The number of hydrazine groups is 1. The van der Waals surface area contributed by atoms with E-state index in [1.54, 1.807) is 11.7 Å². The van der Waals surface area contributed by atoms with Crippen LogP contribution in [0.3, 0.4) is 0 Å². The number of anilines is 2. The van der Waals surface area contributed by atoms with Gasteiger partial charge in [0.2, 0.25) is 0 Å². The zero-order chi connectivity index (χ0) is 20.6. The van der Waals surface area contributed by atoms with E-state index in [1.807, 2.05) is 20.0 Å². The highest BCUT2D eigenvalue weighted by atomic mass is 35.5. The molecule has 0 aliphatic rings. The maximum Gasteiger partial charge on any atom is 0.338 e. The summed E-state index contributed by atoms with van der Waals surface area (Å²) in [4.78, 5) is 20.8. The van der Waals surface area contributed by atoms with E-state index in [0.29, 0.717) is 11.5 Å². The van der Waals surface area contributed by atoms with Gasteiger partial charge in [0.05, 0.1) is 5.69 Å². The minimum Gasteiger partial charge on any atom is -0.306 e. The van der Waals surface area contributed by atoms with Crippen molar-refractivity contribution < 1.29 is 4.79 Å². The highest BCUT2D eigenvalue weighted by molar-refractivity contribution is 6.33. The topological polar surface area (TPSA) is 88.0 Å². The number of halogens is 2. The predicted octanol–water partition coefficient (Wildman–Crippen LogP) is 4.27. The average Bonchev–Trinajstić information content (AvgIpc) is 2.91. The fourth-order valence-corrected chi connectivity index (χ4v) is 3.39. The van der Waals surface area contributed by atoms with Crippen molar-refractivity contribution >= 4 is 51.8 Å². The normalized spacial score (nSPS) is 11.1. The molecule has 2 amide bonds. The Bertz CT molecular complexity index is 1030. The Morgan fingerprint density at radius 3 is 2.43 bits per heavy atom. The van der Waals surface area contributed by atoms with Crippen LogP contribution in [0.15, 0.2) is 18.2 Å². The minimum atomic E-state index is -0.465. The second kappa shape index (κ2) is 7.81. The van der Waals surface area contributed by atoms with Gasteiger partial charge in [0.1, 0.15) is 16.1 Å². The lowest BCUT2D eigenvalue weighted by atomic mass is 10.0. The number of hydrogen-bond donors (Lipinski definition) is 2. The molecule has 10 heteroatoms. The third kappa shape index (κ3) is 4.13. The molecule has 0 aliphatic carbocycles. The lowest BCUT2D eigenvalue weighted by Crippen LogP contribution is -2.42. The van der Waals surface area contributed by atoms with Gasteiger partial charge in [-0.2, -0.15) is 5.10 Å². The van der Waals surface area contributed by atoms with Gasteiger partial charge >= 0.3 is 6.03 Å². The van der Waals surface area contributed by atoms with E-state index in [-0.39, 0.29) is 16.2 Å². The predicted molar refractivity (Wildman–Crippen MR) is 112 cm³/mol. The van der Waals surface area contributed by atoms with Crippen molar-refractivity contribution in [1.29, 1.82) is 0 Å². The van der Waals surface area contributed by atoms with E-state index in [4.69, 9.17) is 23.2 Å². The summed E-state index contributed by atoms with van der Waals surface area (Å²) in [7, 11) is 3.57. The van der Waals surface area contributed by atoms with E-state index < -0.39 is 6.03 Å². The maximum absolute atomic E-state index is 12.3. The SMILES string of the molecule is Cc1cc(N(C)NC(=O)Nc2cc(Cl)nc(Cl)c2)nc2c1c(C(C)C)nn2C. The van der Waals surface area contributed by atoms with Crippen molar-refractivity contribution in [1.82, 2.24) is 25.2 Å². The summed E-state index contributed by atoms with van der Waals surface area (Å²) < 4.78 is 1.76. The molecular formula is C18H21Cl2N7O. The molecule has 3 aromatic rings. The van der Waals surface area contributed by atoms with Crippen LogP contribution in [0.4, 0.5) is 16.3 Å². The van der Waals surface area contributed by atoms with Crippen LogP contribution in [-0.2, 0) is 7.05 Å². The van der Waals surface area contributed by atoms with Gasteiger partial charge in [-0.15, -0.1) is 0 Å². The van der Waals surface area contributed by atoms with Crippen LogP contribution < -0.4 is 15.8 Å². The lowest BCUT2D eigenvalue weighted by molar-refractivity contribution is 0.251. The summed E-state index contributed by atoms with van der Waals surface area (Å²) in [6, 6.07) is 4.46. The minimum absolute atomic E-state index is 0.191. The Hall–Kier alpha value is -2.58. The molecule has 8 nitrogen and oxygen atoms in total. The first kappa shape index (κ1) is 20.2. The zero-order valence-electron chi connectivity index (χ0n) is 16.2. The molecule has 3 heterocycles. The Morgan fingerprint density at radius 1 is 1.18 bits per heavy atom. The van der Waals surface area contributed by atoms with E-state index in [9.17, 15) is 4.79 Å². The van der Waals surface area contributed by atoms with Crippen molar-refractivity contribution in [2.24, 2.45) is 7.05 Å². The average molecular weight is 422 g/mol. The molecule has 28 heavy (non-hydrogen) atoms. The molecule has 3 rings (SSSR count). The van der Waals surface area contributed by atoms with Crippen LogP contribution in [0.5, 0.6) is 0 Å². The summed E-state index contributed by atoms with van der Waals surface area (Å²) in [6.45, 7) is 6.21. The molecule has 2 N–H and O–H groups in total. The molecule has 0 bridgehead atoms. The smallest absolute Gasteiger partial charge is 0.306 e. The fraction of sp³-hybridized carbons (Fsp3) is 0.333. The molecule has 0 saturated heterocycles. The van der Waals surface area contributed by atoms with Crippen molar-refractivity contribution in [3.63, 3.8) is 0 Å². The monoisotopic (exact) mass is 421 g/mol. The van der Waals surface area contributed by atoms with Gasteiger partial charge < -0.3 is 5.32 Å². The van der Waals surface area contributed by atoms with Gasteiger partial charge in [0.25, 0.3) is 0 Å². The summed E-state index contributed by atoms with van der Waals surface area (Å²) in [5.41, 5.74) is 5.96. The van der Waals surface area contributed by atoms with Crippen LogP contribution in [0.2, 0.25) is 10.3 Å². The number of rotatable bonds is 4. The highest BCUT2D eigenvalue weighted by Gasteiger charge is 2.18. The number of carbonyl (C=O) groups excluding carboxylic acids is 1. The molecule has 148 valence electrons. The highest BCUT2D eigenvalue weighted by Crippen LogP contribution is 2.28. The van der Waals surface area contributed by atoms with Crippen LogP contribution in [0.1, 0.15) is 31.0 Å². The number of aryl methyl sites for hydroxylation is 2. The van der Waals surface area contributed by atoms with Crippen molar-refractivity contribution in [2.45, 2.75) is 26.7 Å². The van der Waals surface area contributed by atoms with E-state index in [2.05, 4.69) is 39.7 Å². The van der Waals surface area contributed by atoms with Gasteiger partial charge in [0.15, 0.2) is 5.65 Å². The molecule has 0 fully saturated rings. The third-order valence-corrected chi connectivity index (χ3v) is 4.57. The maximum atomic E-state index is 12.3. The molecule has 0 aliphatic heterocycles. The summed E-state index contributed by atoms with van der Waals surface area (Å²) in [5.74, 6) is 0.875. The van der Waals surface area contributed by atoms with Crippen LogP contribution in [-0.4, -0.2) is 32.8 Å². The number of fused-ring (bicyclic) bond motifs is 1. The van der Waals surface area contributed by atoms with Crippen LogP contribution >= 0.6 is 23.2 Å². The van der Waals surface area contributed by atoms with Crippen molar-refractivity contribution in [3.8, 4) is 0 Å². The summed E-state index contributed by atoms with van der Waals surface area (Å²) in [5, 5.41) is 10.2. The van der Waals surface area contributed by atoms with Gasteiger partial charge in [-0.3, -0.25) is 9.69 Å². The molecule has 0 spiro atoms. The largest absolute Gasteiger partial charge is 0.338 e. The number of hydrogen-bond acceptors (Lipinski definition) is 5. The molecule has 0 atom stereocenters. The third-order valence-electron chi connectivity index (χ3n) is 4.18. The molecule has 0 saturated carbocycles. The Morgan fingerprint density at radius 2 is 1.82 bits per heavy atom. The van der Waals surface area contributed by atoms with E-state index in [0.717, 1.165) is 22.3 Å². The standard InChI is InChI=1S/C18H21Cl2N7O/c1-9(2)16-15-10(3)6-14(23-17(15)27(5)24-16)26(4)25-18(28)21-11-7-12(19)22-13(20)8-11/h6-9H,1-5H3,(H2,21,22,25,28). The van der Waals surface area contributed by atoms with Crippen molar-refractivity contribution in [2.75, 3.05) is 17.4 Å². The summed E-state index contributed by atoms with van der Waals surface area (Å²) >= 11 is 11.7. The first-order valence-electron chi connectivity index (χ1n) is 8.64. The number of aromatic nitrogens is 4. The molecular weight excluding hydrogens is 401 g/mol. The van der Waals surface area contributed by atoms with Gasteiger partial charge in [-0.1, -0.05) is 37.0 Å². The van der Waals surface area contributed by atoms with E-state index >= 15 is 0 Å². The molecule has 0 radical (unpaired) electrons. The number of nitrogens with one attached hydrogen (secondary N) is 2. The second-order valence-corrected chi connectivity index (χ2v) is 7.56. The number of nitrogens with zero attached hydrogens (tertiary/aromatic N) is 5. The van der Waals surface area contributed by atoms with Gasteiger partial charge in [0, 0.05) is 25.2 Å². The first-order chi connectivity index (χ1) is 13.2. The fourth-order valence-electron chi connectivity index (χ4n) is 2.93. The van der Waals surface area contributed by atoms with E-state index in [1.165, 1.54) is 17.1 Å². The Labute approximate surface area is 172 Å². The number of urea groups is 1. The lowest BCUT2D eigenvalue weighted by Gasteiger charge is -2.20. The van der Waals surface area contributed by atoms with Crippen LogP contribution in [0.25, 0.3) is 11.0 Å².